The van der Waals surface area contributed by atoms with E-state index in [2.05, 4.69) is 11.4 Å². The maximum absolute atomic E-state index is 13.5. The Hall–Kier alpha value is -2.06. The minimum Gasteiger partial charge on any atom is -0.394 e. The number of rotatable bonds is 6. The molecule has 0 aliphatic rings. The van der Waals surface area contributed by atoms with Gasteiger partial charge < -0.3 is 10.4 Å². The number of carbonyl (C=O) groups is 1. The number of amides is 1. The van der Waals surface area contributed by atoms with Crippen LogP contribution in [-0.2, 0) is 4.84 Å². The van der Waals surface area contributed by atoms with Crippen molar-refractivity contribution in [1.82, 2.24) is 5.48 Å². The molecule has 0 aliphatic carbocycles. The van der Waals surface area contributed by atoms with Gasteiger partial charge in [-0.25, -0.2) is 14.3 Å². The van der Waals surface area contributed by atoms with Crippen LogP contribution in [0.15, 0.2) is 24.7 Å². The molecule has 19 heavy (non-hydrogen) atoms. The summed E-state index contributed by atoms with van der Waals surface area (Å²) in [5, 5.41) is 10.3. The number of nitrogens with one attached hydrogen (secondary N) is 2. The molecular formula is C11H11F3N2O3. The van der Waals surface area contributed by atoms with Crippen molar-refractivity contribution in [3.8, 4) is 0 Å². The van der Waals surface area contributed by atoms with Crippen LogP contribution in [0.25, 0.3) is 0 Å². The Labute approximate surface area is 106 Å². The molecule has 104 valence electrons. The number of halogens is 3. The molecule has 0 unspecified atom stereocenters. The first-order chi connectivity index (χ1) is 8.97. The minimum atomic E-state index is -1.42. The predicted octanol–water partition coefficient (Wildman–Crippen LogP) is 1.47. The van der Waals surface area contributed by atoms with Crippen molar-refractivity contribution in [2.75, 3.05) is 18.5 Å². The molecule has 0 fully saturated rings. The number of aliphatic hydroxyl groups excluding tert-OH is 1. The highest BCUT2D eigenvalue weighted by atomic mass is 19.2. The van der Waals surface area contributed by atoms with Gasteiger partial charge in [-0.1, -0.05) is 0 Å². The van der Waals surface area contributed by atoms with Gasteiger partial charge in [0.15, 0.2) is 17.6 Å². The lowest BCUT2D eigenvalue weighted by atomic mass is 10.1. The van der Waals surface area contributed by atoms with Crippen molar-refractivity contribution >= 4 is 11.6 Å². The Morgan fingerprint density at radius 1 is 1.42 bits per heavy atom. The van der Waals surface area contributed by atoms with E-state index in [0.29, 0.717) is 6.07 Å². The molecule has 1 aromatic rings. The molecular weight excluding hydrogens is 265 g/mol. The second kappa shape index (κ2) is 6.76. The lowest BCUT2D eigenvalue weighted by molar-refractivity contribution is 0.0168. The number of carbonyl (C=O) groups excluding carboxylic acids is 1. The molecule has 3 N–H and O–H groups in total. The fourth-order valence-electron chi connectivity index (χ4n) is 1.21. The van der Waals surface area contributed by atoms with Crippen molar-refractivity contribution < 1.29 is 27.9 Å². The molecule has 0 saturated heterocycles. The van der Waals surface area contributed by atoms with Crippen LogP contribution in [0.1, 0.15) is 10.4 Å². The second-order valence-electron chi connectivity index (χ2n) is 3.32. The van der Waals surface area contributed by atoms with Gasteiger partial charge in [-0.3, -0.25) is 9.63 Å². The van der Waals surface area contributed by atoms with E-state index in [-0.39, 0.29) is 18.8 Å². The van der Waals surface area contributed by atoms with E-state index < -0.39 is 29.2 Å². The zero-order valence-electron chi connectivity index (χ0n) is 9.67. The number of hydrogen-bond acceptors (Lipinski definition) is 4. The van der Waals surface area contributed by atoms with Gasteiger partial charge in [0.1, 0.15) is 0 Å². The lowest BCUT2D eigenvalue weighted by Gasteiger charge is -2.11. The zero-order chi connectivity index (χ0) is 14.4. The summed E-state index contributed by atoms with van der Waals surface area (Å²) in [6.45, 7) is 2.30. The monoisotopic (exact) mass is 276 g/mol. The molecule has 0 atom stereocenters. The Bertz CT molecular complexity index is 494. The Kier molecular flexibility index (Phi) is 5.34. The molecule has 0 radical (unpaired) electrons. The van der Waals surface area contributed by atoms with Gasteiger partial charge in [0.2, 0.25) is 0 Å². The molecule has 0 aliphatic heterocycles. The van der Waals surface area contributed by atoms with E-state index in [1.807, 2.05) is 10.8 Å². The summed E-state index contributed by atoms with van der Waals surface area (Å²) in [6, 6.07) is 1.66. The van der Waals surface area contributed by atoms with Crippen LogP contribution in [0.2, 0.25) is 0 Å². The van der Waals surface area contributed by atoms with Crippen LogP contribution in [0.4, 0.5) is 18.9 Å². The van der Waals surface area contributed by atoms with Gasteiger partial charge in [0.25, 0.3) is 5.91 Å². The summed E-state index contributed by atoms with van der Waals surface area (Å²) in [4.78, 5) is 16.1. The van der Waals surface area contributed by atoms with E-state index in [1.165, 1.54) is 0 Å². The van der Waals surface area contributed by atoms with Crippen LogP contribution in [0.3, 0.4) is 0 Å². The standard InChI is InChI=1S/C11H11F3N2O3/c1-6(12)15-10-7(2-3-8(13)9(10)14)11(18)16-19-5-4-17/h2-3,15,17H,1,4-5H2,(H,16,18). The van der Waals surface area contributed by atoms with Gasteiger partial charge in [-0.05, 0) is 18.7 Å². The molecule has 0 aromatic heterocycles. The van der Waals surface area contributed by atoms with Crippen LogP contribution in [0, 0.1) is 11.6 Å². The van der Waals surface area contributed by atoms with Gasteiger partial charge in [0, 0.05) is 0 Å². The third-order valence-electron chi connectivity index (χ3n) is 1.96. The zero-order valence-corrected chi connectivity index (χ0v) is 9.67. The van der Waals surface area contributed by atoms with Crippen LogP contribution in [0.5, 0.6) is 0 Å². The normalized spacial score (nSPS) is 10.1. The van der Waals surface area contributed by atoms with Crippen molar-refractivity contribution in [2.45, 2.75) is 0 Å². The smallest absolute Gasteiger partial charge is 0.277 e. The summed E-state index contributed by atoms with van der Waals surface area (Å²) >= 11 is 0. The molecule has 8 heteroatoms. The van der Waals surface area contributed by atoms with E-state index in [9.17, 15) is 18.0 Å². The quantitative estimate of drug-likeness (QED) is 0.418. The average molecular weight is 276 g/mol. The number of anilines is 1. The number of hydroxylamine groups is 1. The number of hydrogen-bond donors (Lipinski definition) is 3. The van der Waals surface area contributed by atoms with Crippen molar-refractivity contribution in [3.05, 3.63) is 41.9 Å². The predicted molar refractivity (Wildman–Crippen MR) is 60.7 cm³/mol. The molecule has 0 saturated carbocycles. The fourth-order valence-corrected chi connectivity index (χ4v) is 1.21. The highest BCUT2D eigenvalue weighted by Crippen LogP contribution is 2.24. The number of aliphatic hydroxyl groups is 1. The molecule has 0 heterocycles. The summed E-state index contributed by atoms with van der Waals surface area (Å²) < 4.78 is 39.1. The van der Waals surface area contributed by atoms with Crippen molar-refractivity contribution in [3.63, 3.8) is 0 Å². The third-order valence-corrected chi connectivity index (χ3v) is 1.96. The molecule has 0 spiro atoms. The van der Waals surface area contributed by atoms with Crippen LogP contribution >= 0.6 is 0 Å². The fraction of sp³-hybridized carbons (Fsp3) is 0.182. The van der Waals surface area contributed by atoms with E-state index in [1.54, 1.807) is 0 Å². The Balaban J connectivity index is 3.02. The van der Waals surface area contributed by atoms with Gasteiger partial charge in [-0.2, -0.15) is 4.39 Å². The van der Waals surface area contributed by atoms with E-state index in [0.717, 1.165) is 6.07 Å². The molecule has 1 rings (SSSR count). The highest BCUT2D eigenvalue weighted by molar-refractivity contribution is 5.99. The SMILES string of the molecule is C=C(F)Nc1c(C(=O)NOCCO)ccc(F)c1F. The van der Waals surface area contributed by atoms with Crippen LogP contribution < -0.4 is 10.8 Å². The van der Waals surface area contributed by atoms with Crippen LogP contribution in [-0.4, -0.2) is 24.2 Å². The topological polar surface area (TPSA) is 70.6 Å². The van der Waals surface area contributed by atoms with Gasteiger partial charge in [-0.15, -0.1) is 0 Å². The maximum Gasteiger partial charge on any atom is 0.277 e. The number of benzene rings is 1. The maximum atomic E-state index is 13.5. The Morgan fingerprint density at radius 3 is 2.68 bits per heavy atom. The van der Waals surface area contributed by atoms with Crippen molar-refractivity contribution in [2.24, 2.45) is 0 Å². The molecule has 5 nitrogen and oxygen atoms in total. The first-order valence-corrected chi connectivity index (χ1v) is 5.09. The lowest BCUT2D eigenvalue weighted by Crippen LogP contribution is -2.26. The highest BCUT2D eigenvalue weighted by Gasteiger charge is 2.19. The third kappa shape index (κ3) is 3.97. The second-order valence-corrected chi connectivity index (χ2v) is 3.32. The summed E-state index contributed by atoms with van der Waals surface area (Å²) in [7, 11) is 0. The summed E-state index contributed by atoms with van der Waals surface area (Å²) in [5.41, 5.74) is 0.804. The molecule has 1 aromatic carbocycles. The first kappa shape index (κ1) is 15.0. The van der Waals surface area contributed by atoms with E-state index in [4.69, 9.17) is 5.11 Å². The van der Waals surface area contributed by atoms with Gasteiger partial charge >= 0.3 is 0 Å². The molecule has 1 amide bonds. The summed E-state index contributed by atoms with van der Waals surface area (Å²) in [6.07, 6.45) is 0. The molecule has 0 bridgehead atoms. The van der Waals surface area contributed by atoms with Gasteiger partial charge in [0.05, 0.1) is 24.5 Å². The minimum absolute atomic E-state index is 0.187. The van der Waals surface area contributed by atoms with Crippen molar-refractivity contribution in [1.29, 1.82) is 0 Å². The summed E-state index contributed by atoms with van der Waals surface area (Å²) in [5.74, 6) is -4.77. The first-order valence-electron chi connectivity index (χ1n) is 5.09. The largest absolute Gasteiger partial charge is 0.394 e. The average Bonchev–Trinajstić information content (AvgIpc) is 2.35. The Morgan fingerprint density at radius 2 is 2.11 bits per heavy atom. The van der Waals surface area contributed by atoms with E-state index >= 15 is 0 Å².